The van der Waals surface area contributed by atoms with Crippen LogP contribution in [0, 0.1) is 0 Å². The predicted octanol–water partition coefficient (Wildman–Crippen LogP) is 4.75. The van der Waals surface area contributed by atoms with Gasteiger partial charge in [0.05, 0.1) is 0 Å². The molecule has 1 aromatic carbocycles. The number of hydrogen-bond donors (Lipinski definition) is 0. The molecule has 4 heteroatoms. The number of allylic oxidation sites excluding steroid dienone is 2. The molecule has 22 heavy (non-hydrogen) atoms. The second-order valence-electron chi connectivity index (χ2n) is 5.84. The summed E-state index contributed by atoms with van der Waals surface area (Å²) >= 11 is 6.02. The van der Waals surface area contributed by atoms with E-state index < -0.39 is 0 Å². The Hall–Kier alpha value is -2.13. The Morgan fingerprint density at radius 3 is 2.68 bits per heavy atom. The first-order chi connectivity index (χ1) is 10.5. The molecule has 2 aromatic rings. The van der Waals surface area contributed by atoms with Crippen LogP contribution >= 0.6 is 11.6 Å². The molecule has 0 saturated heterocycles. The fraction of sp³-hybridized carbons (Fsp3) is 0.222. The largest absolute Gasteiger partial charge is 0.347 e. The molecule has 0 amide bonds. The van der Waals surface area contributed by atoms with Gasteiger partial charge in [0.2, 0.25) is 0 Å². The smallest absolute Gasteiger partial charge is 0.154 e. The summed E-state index contributed by atoms with van der Waals surface area (Å²) in [7, 11) is 2.09. The van der Waals surface area contributed by atoms with Crippen molar-refractivity contribution in [2.24, 2.45) is 4.99 Å². The zero-order valence-electron chi connectivity index (χ0n) is 12.9. The first-order valence-electron chi connectivity index (χ1n) is 7.20. The lowest BCUT2D eigenvalue weighted by Crippen LogP contribution is -2.23. The summed E-state index contributed by atoms with van der Waals surface area (Å²) in [5.41, 5.74) is 4.41. The third kappa shape index (κ3) is 2.42. The summed E-state index contributed by atoms with van der Waals surface area (Å²) in [5.74, 6) is 0. The Balaban J connectivity index is 1.94. The SMILES string of the molecule is CN1/C(=C/C=Nc2cccnc2Cl)C(C)(C)c2ccccc21. The van der Waals surface area contributed by atoms with E-state index in [1.807, 2.05) is 18.2 Å². The Labute approximate surface area is 136 Å². The molecular weight excluding hydrogens is 294 g/mol. The van der Waals surface area contributed by atoms with Gasteiger partial charge in [-0.15, -0.1) is 0 Å². The first-order valence-corrected chi connectivity index (χ1v) is 7.58. The van der Waals surface area contributed by atoms with Crippen LogP contribution in [0.2, 0.25) is 5.15 Å². The highest BCUT2D eigenvalue weighted by atomic mass is 35.5. The maximum Gasteiger partial charge on any atom is 0.154 e. The zero-order valence-corrected chi connectivity index (χ0v) is 13.7. The van der Waals surface area contributed by atoms with Crippen molar-refractivity contribution in [3.63, 3.8) is 0 Å². The van der Waals surface area contributed by atoms with Crippen LogP contribution in [0.25, 0.3) is 0 Å². The van der Waals surface area contributed by atoms with Gasteiger partial charge < -0.3 is 4.90 Å². The molecule has 0 spiro atoms. The molecule has 1 aliphatic heterocycles. The Kier molecular flexibility index (Phi) is 3.75. The number of halogens is 1. The predicted molar refractivity (Wildman–Crippen MR) is 93.4 cm³/mol. The van der Waals surface area contributed by atoms with E-state index >= 15 is 0 Å². The van der Waals surface area contributed by atoms with Crippen molar-refractivity contribution >= 4 is 29.2 Å². The quantitative estimate of drug-likeness (QED) is 0.591. The molecule has 3 nitrogen and oxygen atoms in total. The molecule has 112 valence electrons. The molecule has 0 N–H and O–H groups in total. The molecule has 0 aliphatic carbocycles. The van der Waals surface area contributed by atoms with Gasteiger partial charge in [0.15, 0.2) is 5.15 Å². The number of rotatable bonds is 2. The van der Waals surface area contributed by atoms with E-state index in [2.05, 4.69) is 60.0 Å². The fourth-order valence-electron chi connectivity index (χ4n) is 2.96. The van der Waals surface area contributed by atoms with Crippen molar-refractivity contribution in [1.29, 1.82) is 0 Å². The molecule has 2 heterocycles. The number of hydrogen-bond acceptors (Lipinski definition) is 3. The minimum atomic E-state index is -0.0455. The Morgan fingerprint density at radius 1 is 1.18 bits per heavy atom. The van der Waals surface area contributed by atoms with E-state index in [1.54, 1.807) is 12.4 Å². The molecule has 0 fully saturated rings. The van der Waals surface area contributed by atoms with Gasteiger partial charge in [-0.2, -0.15) is 0 Å². The summed E-state index contributed by atoms with van der Waals surface area (Å²) in [6.07, 6.45) is 5.50. The van der Waals surface area contributed by atoms with Crippen LogP contribution in [0.1, 0.15) is 19.4 Å². The maximum atomic E-state index is 6.02. The fourth-order valence-corrected chi connectivity index (χ4v) is 3.13. The molecule has 0 atom stereocenters. The molecule has 3 rings (SSSR count). The molecular formula is C18H18ClN3. The Bertz CT molecular complexity index is 762. The van der Waals surface area contributed by atoms with Crippen LogP contribution in [0.4, 0.5) is 11.4 Å². The van der Waals surface area contributed by atoms with Gasteiger partial charge in [-0.05, 0) is 29.8 Å². The average molecular weight is 312 g/mol. The van der Waals surface area contributed by atoms with E-state index in [0.29, 0.717) is 10.8 Å². The van der Waals surface area contributed by atoms with Crippen LogP contribution in [0.5, 0.6) is 0 Å². The molecule has 0 bridgehead atoms. The number of para-hydroxylation sites is 1. The summed E-state index contributed by atoms with van der Waals surface area (Å²) < 4.78 is 0. The van der Waals surface area contributed by atoms with Crippen LogP contribution in [-0.2, 0) is 5.41 Å². The second-order valence-corrected chi connectivity index (χ2v) is 6.20. The third-order valence-electron chi connectivity index (χ3n) is 4.13. The molecule has 0 radical (unpaired) electrons. The van der Waals surface area contributed by atoms with Crippen molar-refractivity contribution in [3.05, 3.63) is 65.1 Å². The highest BCUT2D eigenvalue weighted by molar-refractivity contribution is 6.31. The van der Waals surface area contributed by atoms with E-state index in [9.17, 15) is 0 Å². The standard InChI is InChI=1S/C18H18ClN3/c1-18(2)13-7-4-5-9-15(13)22(3)16(18)10-12-20-14-8-6-11-21-17(14)19/h4-12H,1-3H3/b16-10+,20-12?. The normalized spacial score (nSPS) is 18.2. The first kappa shape index (κ1) is 14.8. The molecule has 0 saturated carbocycles. The summed E-state index contributed by atoms with van der Waals surface area (Å²) in [6.45, 7) is 4.46. The van der Waals surface area contributed by atoms with Crippen molar-refractivity contribution in [3.8, 4) is 0 Å². The van der Waals surface area contributed by atoms with Crippen LogP contribution in [-0.4, -0.2) is 18.2 Å². The number of nitrogens with zero attached hydrogens (tertiary/aromatic N) is 3. The number of benzene rings is 1. The van der Waals surface area contributed by atoms with Gasteiger partial charge >= 0.3 is 0 Å². The van der Waals surface area contributed by atoms with Crippen LogP contribution in [0.3, 0.4) is 0 Å². The van der Waals surface area contributed by atoms with Gasteiger partial charge in [0.1, 0.15) is 5.69 Å². The maximum absolute atomic E-state index is 6.02. The van der Waals surface area contributed by atoms with E-state index in [0.717, 1.165) is 0 Å². The van der Waals surface area contributed by atoms with Gasteiger partial charge in [0, 0.05) is 36.3 Å². The van der Waals surface area contributed by atoms with E-state index in [4.69, 9.17) is 11.6 Å². The third-order valence-corrected chi connectivity index (χ3v) is 4.42. The topological polar surface area (TPSA) is 28.5 Å². The van der Waals surface area contributed by atoms with Gasteiger partial charge in [0.25, 0.3) is 0 Å². The van der Waals surface area contributed by atoms with Crippen molar-refractivity contribution < 1.29 is 0 Å². The lowest BCUT2D eigenvalue weighted by molar-refractivity contribution is 0.641. The lowest BCUT2D eigenvalue weighted by Gasteiger charge is -2.23. The van der Waals surface area contributed by atoms with Crippen molar-refractivity contribution in [2.45, 2.75) is 19.3 Å². The highest BCUT2D eigenvalue weighted by Gasteiger charge is 2.37. The monoisotopic (exact) mass is 311 g/mol. The molecule has 0 unspecified atom stereocenters. The number of pyridine rings is 1. The number of aromatic nitrogens is 1. The summed E-state index contributed by atoms with van der Waals surface area (Å²) in [5, 5.41) is 0.416. The minimum absolute atomic E-state index is 0.0455. The van der Waals surface area contributed by atoms with Gasteiger partial charge in [-0.3, -0.25) is 4.99 Å². The molecule has 1 aromatic heterocycles. The average Bonchev–Trinajstić information content (AvgIpc) is 2.70. The van der Waals surface area contributed by atoms with Crippen LogP contribution in [0.15, 0.2) is 59.4 Å². The van der Waals surface area contributed by atoms with Crippen molar-refractivity contribution in [2.75, 3.05) is 11.9 Å². The number of anilines is 1. The van der Waals surface area contributed by atoms with E-state index in [-0.39, 0.29) is 5.41 Å². The highest BCUT2D eigenvalue weighted by Crippen LogP contribution is 2.46. The zero-order chi connectivity index (χ0) is 15.7. The lowest BCUT2D eigenvalue weighted by atomic mass is 9.84. The van der Waals surface area contributed by atoms with Crippen LogP contribution < -0.4 is 4.90 Å². The number of likely N-dealkylation sites (N-methyl/N-ethyl adjacent to an activating group) is 1. The van der Waals surface area contributed by atoms with E-state index in [1.165, 1.54) is 16.9 Å². The second kappa shape index (κ2) is 5.58. The van der Waals surface area contributed by atoms with Crippen molar-refractivity contribution in [1.82, 2.24) is 4.98 Å². The summed E-state index contributed by atoms with van der Waals surface area (Å²) in [6, 6.07) is 12.2. The summed E-state index contributed by atoms with van der Waals surface area (Å²) in [4.78, 5) is 10.7. The van der Waals surface area contributed by atoms with Gasteiger partial charge in [-0.1, -0.05) is 43.6 Å². The minimum Gasteiger partial charge on any atom is -0.347 e. The molecule has 1 aliphatic rings. The van der Waals surface area contributed by atoms with Gasteiger partial charge in [-0.25, -0.2) is 4.98 Å². The Morgan fingerprint density at radius 2 is 1.95 bits per heavy atom. The number of fused-ring (bicyclic) bond motifs is 1. The number of aliphatic imine (C=N–C) groups is 1.